The lowest BCUT2D eigenvalue weighted by atomic mass is 10.2. The molecule has 3 rings (SSSR count). The van der Waals surface area contributed by atoms with Crippen molar-refractivity contribution >= 4 is 12.1 Å². The van der Waals surface area contributed by atoms with Crippen LogP contribution in [0.5, 0.6) is 5.75 Å². The van der Waals surface area contributed by atoms with Gasteiger partial charge in [-0.2, -0.15) is 5.10 Å². The molecule has 1 fully saturated rings. The number of amides is 1. The Bertz CT molecular complexity index is 662. The third-order valence-corrected chi connectivity index (χ3v) is 3.79. The first-order valence-electron chi connectivity index (χ1n) is 7.81. The maximum atomic E-state index is 12.0. The van der Waals surface area contributed by atoms with Gasteiger partial charge in [0.15, 0.2) is 0 Å². The van der Waals surface area contributed by atoms with Crippen LogP contribution < -0.4 is 10.2 Å². The molecule has 2 aromatic rings. The highest BCUT2D eigenvalue weighted by molar-refractivity contribution is 5.94. The molecule has 5 heteroatoms. The van der Waals surface area contributed by atoms with Gasteiger partial charge in [0.2, 0.25) is 0 Å². The number of rotatable bonds is 5. The highest BCUT2D eigenvalue weighted by Crippen LogP contribution is 2.24. The largest absolute Gasteiger partial charge is 0.490 e. The van der Waals surface area contributed by atoms with Crippen molar-refractivity contribution in [2.45, 2.75) is 31.8 Å². The van der Waals surface area contributed by atoms with Crippen LogP contribution >= 0.6 is 0 Å². The van der Waals surface area contributed by atoms with E-state index in [1.54, 1.807) is 30.7 Å². The second-order valence-electron chi connectivity index (χ2n) is 5.53. The maximum Gasteiger partial charge on any atom is 0.271 e. The van der Waals surface area contributed by atoms with Crippen molar-refractivity contribution in [3.8, 4) is 5.75 Å². The second-order valence-corrected chi connectivity index (χ2v) is 5.53. The van der Waals surface area contributed by atoms with Gasteiger partial charge in [0.1, 0.15) is 5.75 Å². The minimum Gasteiger partial charge on any atom is -0.490 e. The molecule has 0 bridgehead atoms. The Balaban J connectivity index is 1.54. The van der Waals surface area contributed by atoms with Crippen molar-refractivity contribution in [1.29, 1.82) is 0 Å². The van der Waals surface area contributed by atoms with Crippen LogP contribution in [-0.4, -0.2) is 23.2 Å². The number of benzene rings is 1. The van der Waals surface area contributed by atoms with E-state index in [0.717, 1.165) is 24.2 Å². The summed E-state index contributed by atoms with van der Waals surface area (Å²) >= 11 is 0. The topological polar surface area (TPSA) is 63.6 Å². The Morgan fingerprint density at radius 2 is 2.00 bits per heavy atom. The Labute approximate surface area is 135 Å². The van der Waals surface area contributed by atoms with Crippen LogP contribution in [0.3, 0.4) is 0 Å². The summed E-state index contributed by atoms with van der Waals surface area (Å²) in [4.78, 5) is 16.0. The summed E-state index contributed by atoms with van der Waals surface area (Å²) in [6.45, 7) is 0. The zero-order valence-electron chi connectivity index (χ0n) is 12.8. The fraction of sp³-hybridized carbons (Fsp3) is 0.278. The van der Waals surface area contributed by atoms with Crippen molar-refractivity contribution in [1.82, 2.24) is 10.4 Å². The summed E-state index contributed by atoms with van der Waals surface area (Å²) in [5.74, 6) is 0.560. The molecule has 118 valence electrons. The van der Waals surface area contributed by atoms with Gasteiger partial charge in [-0.1, -0.05) is 6.07 Å². The number of hydrazone groups is 1. The number of aromatic nitrogens is 1. The molecule has 0 unspecified atom stereocenters. The monoisotopic (exact) mass is 309 g/mol. The van der Waals surface area contributed by atoms with E-state index >= 15 is 0 Å². The van der Waals surface area contributed by atoms with E-state index in [2.05, 4.69) is 15.5 Å². The van der Waals surface area contributed by atoms with Crippen LogP contribution in [0.25, 0.3) is 0 Å². The molecule has 0 spiro atoms. The van der Waals surface area contributed by atoms with Crippen LogP contribution in [0.4, 0.5) is 0 Å². The fourth-order valence-corrected chi connectivity index (χ4v) is 2.57. The molecule has 1 aliphatic carbocycles. The number of nitrogens with one attached hydrogen (secondary N) is 1. The lowest BCUT2D eigenvalue weighted by Crippen LogP contribution is -2.17. The lowest BCUT2D eigenvalue weighted by molar-refractivity contribution is 0.0955. The molecule has 1 heterocycles. The number of carbonyl (C=O) groups is 1. The van der Waals surface area contributed by atoms with E-state index < -0.39 is 0 Å². The Hall–Kier alpha value is -2.69. The molecule has 1 aliphatic rings. The molecule has 1 saturated carbocycles. The first kappa shape index (κ1) is 15.2. The first-order chi connectivity index (χ1) is 11.3. The molecular formula is C18H19N3O2. The van der Waals surface area contributed by atoms with E-state index in [9.17, 15) is 4.79 Å². The molecule has 23 heavy (non-hydrogen) atoms. The minimum atomic E-state index is -0.252. The van der Waals surface area contributed by atoms with Crippen molar-refractivity contribution in [3.63, 3.8) is 0 Å². The van der Waals surface area contributed by atoms with E-state index in [1.165, 1.54) is 12.8 Å². The predicted molar refractivity (Wildman–Crippen MR) is 88.6 cm³/mol. The van der Waals surface area contributed by atoms with Crippen LogP contribution in [0.2, 0.25) is 0 Å². The SMILES string of the molecule is O=C(N/N=C/c1cccnc1)c1ccc(OC2CCCC2)cc1. The van der Waals surface area contributed by atoms with Gasteiger partial charge < -0.3 is 4.74 Å². The highest BCUT2D eigenvalue weighted by Gasteiger charge is 2.16. The second kappa shape index (κ2) is 7.54. The van der Waals surface area contributed by atoms with Crippen molar-refractivity contribution < 1.29 is 9.53 Å². The van der Waals surface area contributed by atoms with E-state index in [0.29, 0.717) is 11.7 Å². The molecule has 1 amide bonds. The Kier molecular flexibility index (Phi) is 4.99. The Morgan fingerprint density at radius 1 is 1.22 bits per heavy atom. The average molecular weight is 309 g/mol. The van der Waals surface area contributed by atoms with Crippen molar-refractivity contribution in [2.24, 2.45) is 5.10 Å². The quantitative estimate of drug-likeness (QED) is 0.681. The molecule has 1 aromatic carbocycles. The molecule has 0 saturated heterocycles. The van der Waals surface area contributed by atoms with Gasteiger partial charge in [-0.15, -0.1) is 0 Å². The van der Waals surface area contributed by atoms with Gasteiger partial charge in [0.05, 0.1) is 12.3 Å². The fourth-order valence-electron chi connectivity index (χ4n) is 2.57. The Morgan fingerprint density at radius 3 is 2.70 bits per heavy atom. The number of hydrogen-bond acceptors (Lipinski definition) is 4. The predicted octanol–water partition coefficient (Wildman–Crippen LogP) is 3.17. The van der Waals surface area contributed by atoms with Gasteiger partial charge in [-0.05, 0) is 56.0 Å². The van der Waals surface area contributed by atoms with Crippen LogP contribution in [0.1, 0.15) is 41.6 Å². The number of ether oxygens (including phenoxy) is 1. The number of hydrogen-bond donors (Lipinski definition) is 1. The smallest absolute Gasteiger partial charge is 0.271 e. The number of pyridine rings is 1. The molecule has 0 atom stereocenters. The molecule has 1 aromatic heterocycles. The average Bonchev–Trinajstić information content (AvgIpc) is 3.09. The summed E-state index contributed by atoms with van der Waals surface area (Å²) in [5, 5.41) is 3.93. The van der Waals surface area contributed by atoms with Crippen LogP contribution in [-0.2, 0) is 0 Å². The van der Waals surface area contributed by atoms with E-state index in [4.69, 9.17) is 4.74 Å². The molecule has 0 aliphatic heterocycles. The zero-order chi connectivity index (χ0) is 15.9. The van der Waals surface area contributed by atoms with E-state index in [1.807, 2.05) is 24.3 Å². The third kappa shape index (κ3) is 4.39. The van der Waals surface area contributed by atoms with Crippen molar-refractivity contribution in [3.05, 3.63) is 59.9 Å². The lowest BCUT2D eigenvalue weighted by Gasteiger charge is -2.12. The number of nitrogens with zero attached hydrogens (tertiary/aromatic N) is 2. The van der Waals surface area contributed by atoms with Gasteiger partial charge in [0, 0.05) is 23.5 Å². The molecule has 1 N–H and O–H groups in total. The first-order valence-corrected chi connectivity index (χ1v) is 7.81. The standard InChI is InChI=1S/C18H19N3O2/c22-18(21-20-13-14-4-3-11-19-12-14)15-7-9-17(10-8-15)23-16-5-1-2-6-16/h3-4,7-13,16H,1-2,5-6H2,(H,21,22)/b20-13+. The van der Waals surface area contributed by atoms with Gasteiger partial charge >= 0.3 is 0 Å². The third-order valence-electron chi connectivity index (χ3n) is 3.79. The van der Waals surface area contributed by atoms with Gasteiger partial charge in [0.25, 0.3) is 5.91 Å². The number of carbonyl (C=O) groups excluding carboxylic acids is 1. The zero-order valence-corrected chi connectivity index (χ0v) is 12.8. The summed E-state index contributed by atoms with van der Waals surface area (Å²) < 4.78 is 5.88. The minimum absolute atomic E-state index is 0.252. The van der Waals surface area contributed by atoms with Gasteiger partial charge in [-0.3, -0.25) is 9.78 Å². The summed E-state index contributed by atoms with van der Waals surface area (Å²) in [5.41, 5.74) is 3.88. The van der Waals surface area contributed by atoms with Crippen LogP contribution in [0.15, 0.2) is 53.9 Å². The summed E-state index contributed by atoms with van der Waals surface area (Å²) in [6, 6.07) is 10.8. The summed E-state index contributed by atoms with van der Waals surface area (Å²) in [7, 11) is 0. The van der Waals surface area contributed by atoms with E-state index in [-0.39, 0.29) is 5.91 Å². The normalized spacial score (nSPS) is 15.0. The highest BCUT2D eigenvalue weighted by atomic mass is 16.5. The van der Waals surface area contributed by atoms with Crippen molar-refractivity contribution in [2.75, 3.05) is 0 Å². The van der Waals surface area contributed by atoms with Crippen LogP contribution in [0, 0.1) is 0 Å². The molecule has 0 radical (unpaired) electrons. The summed E-state index contributed by atoms with van der Waals surface area (Å²) in [6.07, 6.45) is 9.94. The molecular weight excluding hydrogens is 290 g/mol. The maximum absolute atomic E-state index is 12.0. The van der Waals surface area contributed by atoms with Gasteiger partial charge in [-0.25, -0.2) is 5.43 Å². The molecule has 5 nitrogen and oxygen atoms in total.